The first-order chi connectivity index (χ1) is 15.2. The number of phenols is 1. The molecule has 1 aliphatic rings. The number of carbonyl (C=O) groups excluding carboxylic acids is 1. The molecule has 4 N–H and O–H groups in total. The van der Waals surface area contributed by atoms with Crippen LogP contribution in [0.1, 0.15) is 23.2 Å². The second-order valence-corrected chi connectivity index (χ2v) is 6.49. The fraction of sp³-hybridized carbons (Fsp3) is 0.250. The minimum Gasteiger partial charge on any atom is -0.508 e. The average Bonchev–Trinajstić information content (AvgIpc) is 2.76. The number of aromatic hydroxyl groups is 1. The van der Waals surface area contributed by atoms with E-state index in [4.69, 9.17) is 34.4 Å². The van der Waals surface area contributed by atoms with E-state index < -0.39 is 24.0 Å². The molecule has 0 aliphatic carbocycles. The number of carboxylic acids is 3. The van der Waals surface area contributed by atoms with Gasteiger partial charge in [0.05, 0.1) is 11.8 Å². The van der Waals surface area contributed by atoms with Crippen molar-refractivity contribution in [2.45, 2.75) is 18.9 Å². The molecule has 1 aromatic carbocycles. The zero-order valence-corrected chi connectivity index (χ0v) is 16.6. The van der Waals surface area contributed by atoms with E-state index in [0.717, 1.165) is 0 Å². The molecule has 3 rings (SSSR count). The minimum absolute atomic E-state index is 0.0272. The van der Waals surface area contributed by atoms with Crippen LogP contribution in [0.15, 0.2) is 42.7 Å². The Morgan fingerprint density at radius 3 is 2.03 bits per heavy atom. The fourth-order valence-corrected chi connectivity index (χ4v) is 2.63. The van der Waals surface area contributed by atoms with Gasteiger partial charge in [0, 0.05) is 32.1 Å². The number of carbonyl (C=O) groups is 4. The SMILES string of the molecule is O=C(O)C(=O)O.O=C(O)c1cncc(OC(=O)N2CCC(Oc3ccc(O)cc3)CC2)c1. The molecule has 32 heavy (non-hydrogen) atoms. The van der Waals surface area contributed by atoms with Crippen LogP contribution in [0.3, 0.4) is 0 Å². The summed E-state index contributed by atoms with van der Waals surface area (Å²) in [6.07, 6.45) is 3.20. The molecule has 1 saturated heterocycles. The van der Waals surface area contributed by atoms with E-state index in [2.05, 4.69) is 4.98 Å². The van der Waals surface area contributed by atoms with Crippen LogP contribution < -0.4 is 9.47 Å². The maximum Gasteiger partial charge on any atom is 0.415 e. The molecule has 1 fully saturated rings. The Hall–Kier alpha value is -4.35. The van der Waals surface area contributed by atoms with Gasteiger partial charge in [-0.15, -0.1) is 0 Å². The maximum absolute atomic E-state index is 12.2. The molecule has 0 radical (unpaired) electrons. The lowest BCUT2D eigenvalue weighted by molar-refractivity contribution is -0.159. The van der Waals surface area contributed by atoms with Crippen LogP contribution in [0, 0.1) is 0 Å². The second kappa shape index (κ2) is 11.2. The van der Waals surface area contributed by atoms with Gasteiger partial charge < -0.3 is 34.8 Å². The number of amides is 1. The predicted octanol–water partition coefficient (Wildman–Crippen LogP) is 1.68. The highest BCUT2D eigenvalue weighted by molar-refractivity contribution is 6.27. The molecule has 2 aromatic rings. The number of carboxylic acid groups (broad SMARTS) is 3. The molecular weight excluding hydrogens is 428 g/mol. The molecular formula is C20H20N2O10. The Balaban J connectivity index is 0.000000534. The Bertz CT molecular complexity index is 957. The summed E-state index contributed by atoms with van der Waals surface area (Å²) in [5.74, 6) is -3.85. The van der Waals surface area contributed by atoms with Gasteiger partial charge in [0.25, 0.3) is 0 Å². The number of aromatic nitrogens is 1. The number of rotatable bonds is 4. The number of piperidine rings is 1. The Kier molecular flexibility index (Phi) is 8.34. The third-order valence-corrected chi connectivity index (χ3v) is 4.19. The molecule has 0 unspecified atom stereocenters. The number of pyridine rings is 1. The number of benzene rings is 1. The molecule has 1 aliphatic heterocycles. The van der Waals surface area contributed by atoms with E-state index in [1.54, 1.807) is 29.2 Å². The van der Waals surface area contributed by atoms with Gasteiger partial charge in [0.1, 0.15) is 17.6 Å². The lowest BCUT2D eigenvalue weighted by Crippen LogP contribution is -2.43. The van der Waals surface area contributed by atoms with E-state index >= 15 is 0 Å². The van der Waals surface area contributed by atoms with Crippen LogP contribution >= 0.6 is 0 Å². The number of phenolic OH excluding ortho intramolecular Hbond substituents is 1. The monoisotopic (exact) mass is 448 g/mol. The number of hydrogen-bond acceptors (Lipinski definition) is 8. The Morgan fingerprint density at radius 2 is 1.50 bits per heavy atom. The molecule has 12 nitrogen and oxygen atoms in total. The molecule has 0 saturated carbocycles. The van der Waals surface area contributed by atoms with Crippen molar-refractivity contribution >= 4 is 24.0 Å². The lowest BCUT2D eigenvalue weighted by Gasteiger charge is -2.31. The number of ether oxygens (including phenoxy) is 2. The van der Waals surface area contributed by atoms with Crippen LogP contribution in [0.5, 0.6) is 17.2 Å². The predicted molar refractivity (Wildman–Crippen MR) is 106 cm³/mol. The third kappa shape index (κ3) is 7.48. The molecule has 1 amide bonds. The zero-order valence-electron chi connectivity index (χ0n) is 16.6. The number of hydrogen-bond donors (Lipinski definition) is 4. The standard InChI is InChI=1S/C18H18N2O6.C2H2O4/c21-13-1-3-14(4-2-13)25-15-5-7-20(8-6-15)18(24)26-16-9-12(17(22)23)10-19-11-16;3-1(4)2(5)6/h1-4,9-11,15,21H,5-8H2,(H,22,23);(H,3,4)(H,5,6). The van der Waals surface area contributed by atoms with Crippen molar-refractivity contribution < 1.29 is 49.1 Å². The van der Waals surface area contributed by atoms with E-state index in [1.807, 2.05) is 0 Å². The normalized spacial score (nSPS) is 13.3. The zero-order chi connectivity index (χ0) is 23.7. The van der Waals surface area contributed by atoms with Gasteiger partial charge in [-0.2, -0.15) is 0 Å². The lowest BCUT2D eigenvalue weighted by atomic mass is 10.1. The fourth-order valence-electron chi connectivity index (χ4n) is 2.63. The summed E-state index contributed by atoms with van der Waals surface area (Å²) in [6, 6.07) is 7.76. The summed E-state index contributed by atoms with van der Waals surface area (Å²) in [5.41, 5.74) is -0.0451. The third-order valence-electron chi connectivity index (χ3n) is 4.19. The molecule has 1 aromatic heterocycles. The van der Waals surface area contributed by atoms with Gasteiger partial charge >= 0.3 is 24.0 Å². The average molecular weight is 448 g/mol. The molecule has 170 valence electrons. The van der Waals surface area contributed by atoms with Gasteiger partial charge in [0.15, 0.2) is 5.75 Å². The topological polar surface area (TPSA) is 184 Å². The molecule has 0 bridgehead atoms. The Morgan fingerprint density at radius 1 is 0.906 bits per heavy atom. The summed E-state index contributed by atoms with van der Waals surface area (Å²) < 4.78 is 11.0. The number of nitrogens with zero attached hydrogens (tertiary/aromatic N) is 2. The number of aliphatic carboxylic acids is 2. The van der Waals surface area contributed by atoms with Crippen molar-refractivity contribution in [1.29, 1.82) is 0 Å². The summed E-state index contributed by atoms with van der Waals surface area (Å²) in [6.45, 7) is 0.932. The van der Waals surface area contributed by atoms with Crippen molar-refractivity contribution in [3.05, 3.63) is 48.3 Å². The van der Waals surface area contributed by atoms with E-state index in [1.165, 1.54) is 18.5 Å². The van der Waals surface area contributed by atoms with Gasteiger partial charge in [0.2, 0.25) is 0 Å². The first-order valence-corrected chi connectivity index (χ1v) is 9.22. The number of aromatic carboxylic acids is 1. The Labute approximate surface area is 181 Å². The summed E-state index contributed by atoms with van der Waals surface area (Å²) in [4.78, 5) is 46.6. The minimum atomic E-state index is -1.82. The summed E-state index contributed by atoms with van der Waals surface area (Å²) in [7, 11) is 0. The highest BCUT2D eigenvalue weighted by atomic mass is 16.6. The smallest absolute Gasteiger partial charge is 0.415 e. The van der Waals surface area contributed by atoms with E-state index in [-0.39, 0.29) is 23.2 Å². The summed E-state index contributed by atoms with van der Waals surface area (Å²) in [5, 5.41) is 33.0. The van der Waals surface area contributed by atoms with Crippen molar-refractivity contribution in [3.8, 4) is 17.2 Å². The van der Waals surface area contributed by atoms with Crippen LogP contribution in [-0.2, 0) is 9.59 Å². The van der Waals surface area contributed by atoms with E-state index in [9.17, 15) is 14.7 Å². The van der Waals surface area contributed by atoms with Crippen LogP contribution in [-0.4, -0.2) is 73.5 Å². The van der Waals surface area contributed by atoms with Crippen molar-refractivity contribution in [2.24, 2.45) is 0 Å². The maximum atomic E-state index is 12.2. The molecule has 0 atom stereocenters. The second-order valence-electron chi connectivity index (χ2n) is 6.49. The van der Waals surface area contributed by atoms with Crippen LogP contribution in [0.4, 0.5) is 4.79 Å². The van der Waals surface area contributed by atoms with E-state index in [0.29, 0.717) is 31.7 Å². The van der Waals surface area contributed by atoms with Crippen molar-refractivity contribution in [3.63, 3.8) is 0 Å². The van der Waals surface area contributed by atoms with Crippen LogP contribution in [0.25, 0.3) is 0 Å². The first kappa shape index (κ1) is 23.9. The van der Waals surface area contributed by atoms with Crippen molar-refractivity contribution in [1.82, 2.24) is 9.88 Å². The van der Waals surface area contributed by atoms with Gasteiger partial charge in [-0.05, 0) is 30.3 Å². The number of likely N-dealkylation sites (tertiary alicyclic amines) is 1. The van der Waals surface area contributed by atoms with Gasteiger partial charge in [-0.3, -0.25) is 4.98 Å². The summed E-state index contributed by atoms with van der Waals surface area (Å²) >= 11 is 0. The van der Waals surface area contributed by atoms with Crippen LogP contribution in [0.2, 0.25) is 0 Å². The quantitative estimate of drug-likeness (QED) is 0.499. The highest BCUT2D eigenvalue weighted by Gasteiger charge is 2.25. The van der Waals surface area contributed by atoms with Crippen molar-refractivity contribution in [2.75, 3.05) is 13.1 Å². The van der Waals surface area contributed by atoms with Gasteiger partial charge in [-0.1, -0.05) is 0 Å². The molecule has 12 heteroatoms. The van der Waals surface area contributed by atoms with Gasteiger partial charge in [-0.25, -0.2) is 19.2 Å². The largest absolute Gasteiger partial charge is 0.508 e. The first-order valence-electron chi connectivity index (χ1n) is 9.22. The molecule has 0 spiro atoms. The highest BCUT2D eigenvalue weighted by Crippen LogP contribution is 2.22. The molecule has 2 heterocycles.